The number of ether oxygens (including phenoxy) is 1. The van der Waals surface area contributed by atoms with E-state index in [1.807, 2.05) is 60.7 Å². The van der Waals surface area contributed by atoms with Crippen molar-refractivity contribution in [2.24, 2.45) is 0 Å². The van der Waals surface area contributed by atoms with Crippen molar-refractivity contribution in [3.05, 3.63) is 76.7 Å². The molecule has 36 heavy (non-hydrogen) atoms. The lowest BCUT2D eigenvalue weighted by molar-refractivity contribution is -0.113. The average molecular weight is 519 g/mol. The summed E-state index contributed by atoms with van der Waals surface area (Å²) in [6, 6.07) is 19.6. The van der Waals surface area contributed by atoms with Gasteiger partial charge in [-0.3, -0.25) is 4.79 Å². The molecule has 1 amide bonds. The predicted octanol–water partition coefficient (Wildman–Crippen LogP) is 5.78. The van der Waals surface area contributed by atoms with E-state index in [4.69, 9.17) is 9.72 Å². The molecule has 4 aromatic rings. The largest absolute Gasteiger partial charge is 0.462 e. The minimum atomic E-state index is -0.365. The number of carbonyl (C=O) groups excluding carboxylic acids is 2. The summed E-state index contributed by atoms with van der Waals surface area (Å²) in [6.07, 6.45) is 3.91. The van der Waals surface area contributed by atoms with Gasteiger partial charge in [0.1, 0.15) is 5.00 Å². The molecule has 7 nitrogen and oxygen atoms in total. The van der Waals surface area contributed by atoms with E-state index in [1.165, 1.54) is 28.0 Å². The number of fused-ring (bicyclic) bond motifs is 1. The predicted molar refractivity (Wildman–Crippen MR) is 143 cm³/mol. The molecule has 184 valence electrons. The number of carbonyl (C=O) groups is 2. The zero-order chi connectivity index (χ0) is 24.9. The fourth-order valence-electron chi connectivity index (χ4n) is 4.24. The number of rotatable bonds is 8. The molecule has 2 heterocycles. The molecule has 2 aromatic carbocycles. The van der Waals surface area contributed by atoms with Gasteiger partial charge >= 0.3 is 5.97 Å². The minimum absolute atomic E-state index is 0.123. The van der Waals surface area contributed by atoms with Gasteiger partial charge in [0, 0.05) is 10.4 Å². The molecule has 0 atom stereocenters. The number of aryl methyl sites for hydroxylation is 1. The normalized spacial score (nSPS) is 12.7. The summed E-state index contributed by atoms with van der Waals surface area (Å²) in [4.78, 5) is 31.5. The van der Waals surface area contributed by atoms with Crippen LogP contribution < -0.4 is 5.32 Å². The van der Waals surface area contributed by atoms with Gasteiger partial charge in [-0.1, -0.05) is 60.3 Å². The van der Waals surface area contributed by atoms with Crippen LogP contribution in [0.3, 0.4) is 0 Å². The number of hydrogen-bond donors (Lipinski definition) is 1. The van der Waals surface area contributed by atoms with Crippen LogP contribution in [0.25, 0.3) is 17.1 Å². The molecule has 0 radical (unpaired) electrons. The first kappa shape index (κ1) is 24.3. The second-order valence-electron chi connectivity index (χ2n) is 8.30. The van der Waals surface area contributed by atoms with Crippen molar-refractivity contribution in [3.63, 3.8) is 0 Å². The number of nitrogens with one attached hydrogen (secondary N) is 1. The standard InChI is InChI=1S/C27H26N4O3S2/c1-2-34-26(33)23-20-15-9-10-16-21(20)36-25(23)28-22(32)17-35-27-29-24(18-11-5-3-6-12-18)31(30-27)19-13-7-4-8-14-19/h3-8,11-14H,2,9-10,15-17H2,1H3,(H,28,32). The highest BCUT2D eigenvalue weighted by Gasteiger charge is 2.27. The molecule has 1 aliphatic rings. The first-order valence-electron chi connectivity index (χ1n) is 12.0. The Balaban J connectivity index is 1.35. The van der Waals surface area contributed by atoms with Gasteiger partial charge in [-0.2, -0.15) is 0 Å². The summed E-state index contributed by atoms with van der Waals surface area (Å²) >= 11 is 2.75. The Bertz CT molecular complexity index is 1310. The Morgan fingerprint density at radius 1 is 1.06 bits per heavy atom. The van der Waals surface area contributed by atoms with Gasteiger partial charge < -0.3 is 10.1 Å². The number of amides is 1. The quantitative estimate of drug-likeness (QED) is 0.235. The van der Waals surface area contributed by atoms with Crippen LogP contribution >= 0.6 is 23.1 Å². The monoisotopic (exact) mass is 518 g/mol. The lowest BCUT2D eigenvalue weighted by atomic mass is 9.95. The van der Waals surface area contributed by atoms with E-state index in [0.717, 1.165) is 42.5 Å². The Morgan fingerprint density at radius 2 is 1.78 bits per heavy atom. The highest BCUT2D eigenvalue weighted by atomic mass is 32.2. The van der Waals surface area contributed by atoms with E-state index >= 15 is 0 Å². The van der Waals surface area contributed by atoms with E-state index in [2.05, 4.69) is 10.4 Å². The van der Waals surface area contributed by atoms with Crippen LogP contribution in [0.4, 0.5) is 5.00 Å². The van der Waals surface area contributed by atoms with E-state index < -0.39 is 0 Å². The highest BCUT2D eigenvalue weighted by Crippen LogP contribution is 2.38. The maximum atomic E-state index is 12.9. The molecule has 5 rings (SSSR count). The topological polar surface area (TPSA) is 86.1 Å². The molecule has 2 aromatic heterocycles. The number of nitrogens with zero attached hydrogens (tertiary/aromatic N) is 3. The molecule has 0 unspecified atom stereocenters. The van der Waals surface area contributed by atoms with E-state index in [1.54, 1.807) is 11.6 Å². The number of benzene rings is 2. The van der Waals surface area contributed by atoms with Crippen molar-refractivity contribution in [2.45, 2.75) is 37.8 Å². The summed E-state index contributed by atoms with van der Waals surface area (Å²) in [5.41, 5.74) is 3.38. The first-order valence-corrected chi connectivity index (χ1v) is 13.8. The Labute approximate surface area is 217 Å². The molecular weight excluding hydrogens is 492 g/mol. The molecule has 0 spiro atoms. The number of thioether (sulfide) groups is 1. The molecule has 9 heteroatoms. The molecule has 1 aliphatic carbocycles. The van der Waals surface area contributed by atoms with Crippen LogP contribution in [0.5, 0.6) is 0 Å². The van der Waals surface area contributed by atoms with E-state index in [-0.39, 0.29) is 17.6 Å². The summed E-state index contributed by atoms with van der Waals surface area (Å²) in [5.74, 6) is 0.259. The van der Waals surface area contributed by atoms with Crippen LogP contribution in [0, 0.1) is 0 Å². The first-order chi connectivity index (χ1) is 17.6. The van der Waals surface area contributed by atoms with Gasteiger partial charge in [0.25, 0.3) is 0 Å². The lowest BCUT2D eigenvalue weighted by Crippen LogP contribution is -2.17. The van der Waals surface area contributed by atoms with Crippen LogP contribution in [0.2, 0.25) is 0 Å². The van der Waals surface area contributed by atoms with E-state index in [9.17, 15) is 9.59 Å². The Hall–Kier alpha value is -3.43. The smallest absolute Gasteiger partial charge is 0.341 e. The summed E-state index contributed by atoms with van der Waals surface area (Å²) in [7, 11) is 0. The van der Waals surface area contributed by atoms with Crippen LogP contribution in [-0.2, 0) is 22.4 Å². The van der Waals surface area contributed by atoms with Crippen molar-refractivity contribution in [1.82, 2.24) is 14.8 Å². The minimum Gasteiger partial charge on any atom is -0.462 e. The SMILES string of the molecule is CCOC(=O)c1c(NC(=O)CSc2nc(-c3ccccc3)n(-c3ccccc3)n2)sc2c1CCCC2. The number of aromatic nitrogens is 3. The second-order valence-corrected chi connectivity index (χ2v) is 10.4. The zero-order valence-electron chi connectivity index (χ0n) is 19.9. The highest BCUT2D eigenvalue weighted by molar-refractivity contribution is 7.99. The number of hydrogen-bond acceptors (Lipinski definition) is 7. The third kappa shape index (κ3) is 5.22. The van der Waals surface area contributed by atoms with Gasteiger partial charge in [0.2, 0.25) is 11.1 Å². The van der Waals surface area contributed by atoms with Crippen molar-refractivity contribution >= 4 is 40.0 Å². The number of anilines is 1. The molecular formula is C27H26N4O3S2. The Kier molecular flexibility index (Phi) is 7.48. The van der Waals surface area contributed by atoms with Crippen molar-refractivity contribution < 1.29 is 14.3 Å². The maximum Gasteiger partial charge on any atom is 0.341 e. The third-order valence-electron chi connectivity index (χ3n) is 5.86. The van der Waals surface area contributed by atoms with Crippen LogP contribution in [0.1, 0.15) is 40.6 Å². The van der Waals surface area contributed by atoms with E-state index in [0.29, 0.717) is 28.2 Å². The summed E-state index contributed by atoms with van der Waals surface area (Å²) in [5, 5.41) is 8.72. The third-order valence-corrected chi connectivity index (χ3v) is 7.90. The maximum absolute atomic E-state index is 12.9. The van der Waals surface area contributed by atoms with Crippen molar-refractivity contribution in [3.8, 4) is 17.1 Å². The molecule has 0 fully saturated rings. The van der Waals surface area contributed by atoms with Gasteiger partial charge in [-0.05, 0) is 50.3 Å². The zero-order valence-corrected chi connectivity index (χ0v) is 21.5. The Morgan fingerprint density at radius 3 is 2.53 bits per heavy atom. The summed E-state index contributed by atoms with van der Waals surface area (Å²) in [6.45, 7) is 2.09. The van der Waals surface area contributed by atoms with Gasteiger partial charge in [0.15, 0.2) is 5.82 Å². The lowest BCUT2D eigenvalue weighted by Gasteiger charge is -2.12. The van der Waals surface area contributed by atoms with Crippen LogP contribution in [-0.4, -0.2) is 39.0 Å². The molecule has 0 bridgehead atoms. The fraction of sp³-hybridized carbons (Fsp3) is 0.259. The van der Waals surface area contributed by atoms with Crippen molar-refractivity contribution in [1.29, 1.82) is 0 Å². The van der Waals surface area contributed by atoms with Crippen molar-refractivity contribution in [2.75, 3.05) is 17.7 Å². The van der Waals surface area contributed by atoms with Gasteiger partial charge in [-0.25, -0.2) is 14.5 Å². The van der Waals surface area contributed by atoms with Crippen LogP contribution in [0.15, 0.2) is 65.8 Å². The van der Waals surface area contributed by atoms with Gasteiger partial charge in [-0.15, -0.1) is 16.4 Å². The second kappa shape index (κ2) is 11.1. The molecule has 1 N–H and O–H groups in total. The average Bonchev–Trinajstić information content (AvgIpc) is 3.50. The summed E-state index contributed by atoms with van der Waals surface area (Å²) < 4.78 is 7.09. The molecule has 0 saturated carbocycles. The van der Waals surface area contributed by atoms with Gasteiger partial charge in [0.05, 0.1) is 23.6 Å². The molecule has 0 aliphatic heterocycles. The fourth-order valence-corrected chi connectivity index (χ4v) is 6.16. The number of thiophene rings is 1. The number of esters is 1. The number of para-hydroxylation sites is 1. The molecule has 0 saturated heterocycles.